The number of amides is 1. The fourth-order valence-corrected chi connectivity index (χ4v) is 4.12. The number of rotatable bonds is 5. The molecule has 0 saturated heterocycles. The summed E-state index contributed by atoms with van der Waals surface area (Å²) in [5.41, 5.74) is 2.76. The first-order valence-corrected chi connectivity index (χ1v) is 9.18. The normalized spacial score (nSPS) is 20.1. The maximum atomic E-state index is 12.9. The molecule has 0 radical (unpaired) electrons. The molecular formula is C17H20N4OS. The third-order valence-corrected chi connectivity index (χ3v) is 5.49. The lowest BCUT2D eigenvalue weighted by molar-refractivity contribution is -0.131. The Morgan fingerprint density at radius 3 is 2.96 bits per heavy atom. The van der Waals surface area contributed by atoms with Crippen LogP contribution >= 0.6 is 11.8 Å². The number of nitrogens with one attached hydrogen (secondary N) is 1. The molecule has 5 nitrogen and oxygen atoms in total. The Bertz CT molecular complexity index is 684. The zero-order valence-electron chi connectivity index (χ0n) is 12.9. The molecule has 0 bridgehead atoms. The highest BCUT2D eigenvalue weighted by Crippen LogP contribution is 2.41. The number of aromatic amines is 1. The Balaban J connectivity index is 1.53. The number of fused-ring (bicyclic) bond motifs is 1. The Hall–Kier alpha value is -1.82. The highest BCUT2D eigenvalue weighted by molar-refractivity contribution is 7.99. The van der Waals surface area contributed by atoms with Crippen LogP contribution in [-0.2, 0) is 11.2 Å². The Labute approximate surface area is 139 Å². The zero-order valence-corrected chi connectivity index (χ0v) is 13.8. The van der Waals surface area contributed by atoms with Gasteiger partial charge < -0.3 is 4.90 Å². The van der Waals surface area contributed by atoms with E-state index in [0.717, 1.165) is 32.1 Å². The third-order valence-electron chi connectivity index (χ3n) is 4.63. The van der Waals surface area contributed by atoms with E-state index in [1.165, 1.54) is 29.2 Å². The highest BCUT2D eigenvalue weighted by Gasteiger charge is 2.39. The van der Waals surface area contributed by atoms with E-state index in [-0.39, 0.29) is 11.9 Å². The lowest BCUT2D eigenvalue weighted by atomic mass is 9.86. The van der Waals surface area contributed by atoms with Crippen LogP contribution < -0.4 is 0 Å². The van der Waals surface area contributed by atoms with Crippen molar-refractivity contribution in [1.82, 2.24) is 20.1 Å². The van der Waals surface area contributed by atoms with E-state index in [4.69, 9.17) is 0 Å². The molecule has 1 N–H and O–H groups in total. The first kappa shape index (κ1) is 14.8. The molecule has 1 aromatic carbocycles. The minimum absolute atomic E-state index is 0.218. The number of hydrogen-bond donors (Lipinski definition) is 1. The molecule has 2 aliphatic carbocycles. The Morgan fingerprint density at radius 2 is 2.17 bits per heavy atom. The average Bonchev–Trinajstić information content (AvgIpc) is 3.27. The van der Waals surface area contributed by atoms with Crippen LogP contribution in [0.3, 0.4) is 0 Å². The Kier molecular flexibility index (Phi) is 4.08. The van der Waals surface area contributed by atoms with Gasteiger partial charge in [0.05, 0.1) is 11.8 Å². The van der Waals surface area contributed by atoms with Crippen LogP contribution in [0.5, 0.6) is 0 Å². The van der Waals surface area contributed by atoms with E-state index in [0.29, 0.717) is 17.0 Å². The topological polar surface area (TPSA) is 61.9 Å². The lowest BCUT2D eigenvalue weighted by Gasteiger charge is -2.36. The summed E-state index contributed by atoms with van der Waals surface area (Å²) in [4.78, 5) is 19.1. The zero-order chi connectivity index (χ0) is 15.6. The van der Waals surface area contributed by atoms with E-state index in [1.807, 2.05) is 0 Å². The van der Waals surface area contributed by atoms with Crippen molar-refractivity contribution >= 4 is 17.7 Å². The monoisotopic (exact) mass is 328 g/mol. The molecule has 4 rings (SSSR count). The van der Waals surface area contributed by atoms with Crippen molar-refractivity contribution in [3.63, 3.8) is 0 Å². The van der Waals surface area contributed by atoms with Gasteiger partial charge in [0.1, 0.15) is 6.33 Å². The third kappa shape index (κ3) is 3.13. The largest absolute Gasteiger partial charge is 0.332 e. The van der Waals surface area contributed by atoms with E-state index in [1.54, 1.807) is 0 Å². The lowest BCUT2D eigenvalue weighted by Crippen LogP contribution is -2.39. The summed E-state index contributed by atoms with van der Waals surface area (Å²) >= 11 is 1.43. The van der Waals surface area contributed by atoms with Gasteiger partial charge in [0.2, 0.25) is 5.91 Å². The fourth-order valence-electron chi connectivity index (χ4n) is 3.47. The van der Waals surface area contributed by atoms with Crippen LogP contribution in [0.1, 0.15) is 42.9 Å². The fraction of sp³-hybridized carbons (Fsp3) is 0.471. The van der Waals surface area contributed by atoms with Crippen LogP contribution in [0.15, 0.2) is 35.7 Å². The quantitative estimate of drug-likeness (QED) is 0.857. The molecule has 0 spiro atoms. The Morgan fingerprint density at radius 1 is 1.30 bits per heavy atom. The summed E-state index contributed by atoms with van der Waals surface area (Å²) in [6.07, 6.45) is 7.11. The van der Waals surface area contributed by atoms with Crippen molar-refractivity contribution in [2.24, 2.45) is 0 Å². The first-order valence-electron chi connectivity index (χ1n) is 8.20. The van der Waals surface area contributed by atoms with Crippen LogP contribution in [-0.4, -0.2) is 37.8 Å². The summed E-state index contributed by atoms with van der Waals surface area (Å²) in [5.74, 6) is 0.639. The summed E-state index contributed by atoms with van der Waals surface area (Å²) in [6.45, 7) is 0. The number of H-pyrrole nitrogens is 1. The second-order valence-corrected chi connectivity index (χ2v) is 7.18. The molecule has 1 heterocycles. The maximum Gasteiger partial charge on any atom is 0.233 e. The van der Waals surface area contributed by atoms with Gasteiger partial charge in [-0.25, -0.2) is 4.98 Å². The minimum atomic E-state index is 0.218. The van der Waals surface area contributed by atoms with Crippen molar-refractivity contribution in [2.45, 2.75) is 49.3 Å². The summed E-state index contributed by atoms with van der Waals surface area (Å²) in [6, 6.07) is 9.27. The smallest absolute Gasteiger partial charge is 0.233 e. The van der Waals surface area contributed by atoms with Gasteiger partial charge in [0.15, 0.2) is 5.16 Å². The molecule has 0 aliphatic heterocycles. The van der Waals surface area contributed by atoms with Crippen molar-refractivity contribution in [3.05, 3.63) is 41.7 Å². The van der Waals surface area contributed by atoms with Gasteiger partial charge in [-0.1, -0.05) is 36.0 Å². The molecule has 1 fully saturated rings. The van der Waals surface area contributed by atoms with Crippen LogP contribution in [0.25, 0.3) is 0 Å². The predicted octanol–water partition coefficient (Wildman–Crippen LogP) is 2.97. The number of nitrogens with zero attached hydrogens (tertiary/aromatic N) is 3. The van der Waals surface area contributed by atoms with Crippen molar-refractivity contribution in [3.8, 4) is 0 Å². The number of aromatic nitrogens is 3. The van der Waals surface area contributed by atoms with Gasteiger partial charge in [-0.3, -0.25) is 9.89 Å². The standard InChI is InChI=1S/C17H20N4OS/c22-16(10-23-17-18-11-19-20-17)21(13-8-9-13)15-7-3-5-12-4-1-2-6-14(12)15/h1-2,4,6,11,13,15H,3,5,7-10H2,(H,18,19,20)/t15-/m1/s1. The molecule has 1 aromatic heterocycles. The SMILES string of the molecule is O=C(CSc1ncn[nH]1)N(C1CC1)[C@@H]1CCCc2ccccc21. The van der Waals surface area contributed by atoms with Gasteiger partial charge in [0, 0.05) is 6.04 Å². The van der Waals surface area contributed by atoms with Crippen molar-refractivity contribution in [1.29, 1.82) is 0 Å². The first-order chi connectivity index (χ1) is 11.3. The second kappa shape index (κ2) is 6.35. The minimum Gasteiger partial charge on any atom is -0.332 e. The molecule has 2 aromatic rings. The van der Waals surface area contributed by atoms with E-state index in [9.17, 15) is 4.79 Å². The van der Waals surface area contributed by atoms with E-state index >= 15 is 0 Å². The molecule has 2 aliphatic rings. The van der Waals surface area contributed by atoms with Gasteiger partial charge >= 0.3 is 0 Å². The van der Waals surface area contributed by atoms with Gasteiger partial charge in [-0.2, -0.15) is 5.10 Å². The molecular weight excluding hydrogens is 308 g/mol. The summed E-state index contributed by atoms with van der Waals surface area (Å²) in [5, 5.41) is 7.34. The number of hydrogen-bond acceptors (Lipinski definition) is 4. The average molecular weight is 328 g/mol. The van der Waals surface area contributed by atoms with Crippen molar-refractivity contribution in [2.75, 3.05) is 5.75 Å². The van der Waals surface area contributed by atoms with Crippen LogP contribution in [0.4, 0.5) is 0 Å². The van der Waals surface area contributed by atoms with E-state index < -0.39 is 0 Å². The molecule has 1 saturated carbocycles. The molecule has 1 atom stereocenters. The summed E-state index contributed by atoms with van der Waals surface area (Å²) in [7, 11) is 0. The van der Waals surface area contributed by atoms with Crippen molar-refractivity contribution < 1.29 is 4.79 Å². The molecule has 0 unspecified atom stereocenters. The molecule has 23 heavy (non-hydrogen) atoms. The highest BCUT2D eigenvalue weighted by atomic mass is 32.2. The van der Waals surface area contributed by atoms with E-state index in [2.05, 4.69) is 44.3 Å². The number of thioether (sulfide) groups is 1. The number of benzene rings is 1. The second-order valence-electron chi connectivity index (χ2n) is 6.22. The van der Waals surface area contributed by atoms with Gasteiger partial charge in [-0.05, 0) is 43.2 Å². The number of aryl methyl sites for hydroxylation is 1. The molecule has 6 heteroatoms. The van der Waals surface area contributed by atoms with Crippen LogP contribution in [0, 0.1) is 0 Å². The van der Waals surface area contributed by atoms with Gasteiger partial charge in [0.25, 0.3) is 0 Å². The predicted molar refractivity (Wildman–Crippen MR) is 89.1 cm³/mol. The number of carbonyl (C=O) groups excluding carboxylic acids is 1. The number of carbonyl (C=O) groups is 1. The molecule has 1 amide bonds. The van der Waals surface area contributed by atoms with Gasteiger partial charge in [-0.15, -0.1) is 0 Å². The summed E-state index contributed by atoms with van der Waals surface area (Å²) < 4.78 is 0. The van der Waals surface area contributed by atoms with Crippen LogP contribution in [0.2, 0.25) is 0 Å². The molecule has 120 valence electrons. The maximum absolute atomic E-state index is 12.9.